The van der Waals surface area contributed by atoms with E-state index >= 15 is 0 Å². The highest BCUT2D eigenvalue weighted by Gasteiger charge is 2.78. The Bertz CT molecular complexity index is 1070. The lowest BCUT2D eigenvalue weighted by Gasteiger charge is -2.71. The van der Waals surface area contributed by atoms with Crippen LogP contribution in [0.1, 0.15) is 58.3 Å². The molecule has 0 atom stereocenters. The van der Waals surface area contributed by atoms with Crippen molar-refractivity contribution in [3.8, 4) is 5.69 Å². The number of benzene rings is 1. The van der Waals surface area contributed by atoms with Gasteiger partial charge in [0, 0.05) is 7.05 Å². The largest absolute Gasteiger partial charge is 0.461 e. The predicted octanol–water partition coefficient (Wildman–Crippen LogP) is 3.62. The van der Waals surface area contributed by atoms with Crippen molar-refractivity contribution in [2.45, 2.75) is 44.3 Å². The average Bonchev–Trinajstić information content (AvgIpc) is 2.97. The molecule has 0 saturated heterocycles. The van der Waals surface area contributed by atoms with Gasteiger partial charge in [0.15, 0.2) is 5.69 Å². The maximum absolute atomic E-state index is 13.2. The van der Waals surface area contributed by atoms with Gasteiger partial charge >= 0.3 is 12.1 Å². The molecule has 0 N–H and O–H groups in total. The number of hydrogen-bond donors (Lipinski definition) is 0. The first-order valence-corrected chi connectivity index (χ1v) is 9.81. The minimum absolute atomic E-state index is 0.0790. The van der Waals surface area contributed by atoms with Crippen LogP contribution in [0, 0.1) is 5.41 Å². The van der Waals surface area contributed by atoms with Crippen LogP contribution in [0.2, 0.25) is 0 Å². The van der Waals surface area contributed by atoms with Gasteiger partial charge in [-0.1, -0.05) is 6.07 Å². The number of carbonyl (C=O) groups excluding carboxylic acids is 2. The lowest BCUT2D eigenvalue weighted by atomic mass is 9.33. The molecule has 1 aliphatic heterocycles. The van der Waals surface area contributed by atoms with Crippen LogP contribution in [0.5, 0.6) is 0 Å². The van der Waals surface area contributed by atoms with Gasteiger partial charge in [0.25, 0.3) is 5.91 Å². The van der Waals surface area contributed by atoms with Gasteiger partial charge in [-0.3, -0.25) is 9.36 Å². The van der Waals surface area contributed by atoms with E-state index in [0.717, 1.165) is 5.56 Å². The Balaban J connectivity index is 1.54. The van der Waals surface area contributed by atoms with Crippen LogP contribution in [0.3, 0.4) is 0 Å². The molecular weight excluding hydrogens is 399 g/mol. The molecule has 0 unspecified atom stereocenters. The van der Waals surface area contributed by atoms with E-state index in [1.165, 1.54) is 11.2 Å². The summed E-state index contributed by atoms with van der Waals surface area (Å²) in [6, 6.07) is 5.25. The second-order valence-electron chi connectivity index (χ2n) is 8.61. The van der Waals surface area contributed by atoms with E-state index in [1.54, 1.807) is 36.7 Å². The van der Waals surface area contributed by atoms with Crippen molar-refractivity contribution >= 4 is 11.9 Å². The van der Waals surface area contributed by atoms with Gasteiger partial charge in [0.1, 0.15) is 6.33 Å². The van der Waals surface area contributed by atoms with Gasteiger partial charge < -0.3 is 9.64 Å². The highest BCUT2D eigenvalue weighted by atomic mass is 19.4. The molecule has 0 radical (unpaired) electrons. The van der Waals surface area contributed by atoms with E-state index in [9.17, 15) is 22.8 Å². The van der Waals surface area contributed by atoms with Crippen LogP contribution in [-0.2, 0) is 16.7 Å². The highest BCUT2D eigenvalue weighted by Crippen LogP contribution is 2.78. The number of carbonyl (C=O) groups is 2. The summed E-state index contributed by atoms with van der Waals surface area (Å²) in [5.41, 5.74) is 0.368. The number of hydrogen-bond acceptors (Lipinski definition) is 4. The summed E-state index contributed by atoms with van der Waals surface area (Å²) in [6.45, 7) is 2.08. The number of esters is 1. The van der Waals surface area contributed by atoms with E-state index in [4.69, 9.17) is 4.74 Å². The lowest BCUT2D eigenvalue weighted by molar-refractivity contribution is -0.337. The van der Waals surface area contributed by atoms with Crippen molar-refractivity contribution < 1.29 is 27.5 Å². The predicted molar refractivity (Wildman–Crippen MR) is 99.3 cm³/mol. The zero-order chi connectivity index (χ0) is 21.5. The summed E-state index contributed by atoms with van der Waals surface area (Å²) >= 11 is 0. The topological polar surface area (TPSA) is 64.4 Å². The quantitative estimate of drug-likeness (QED) is 0.713. The molecule has 3 saturated carbocycles. The van der Waals surface area contributed by atoms with Gasteiger partial charge in [0.05, 0.1) is 35.5 Å². The van der Waals surface area contributed by atoms with Crippen LogP contribution < -0.4 is 0 Å². The maximum Gasteiger partial charge on any atom is 0.394 e. The Kier molecular flexibility index (Phi) is 3.74. The van der Waals surface area contributed by atoms with E-state index in [0.29, 0.717) is 16.9 Å². The highest BCUT2D eigenvalue weighted by molar-refractivity contribution is 5.99. The first kappa shape index (κ1) is 19.1. The summed E-state index contributed by atoms with van der Waals surface area (Å²) in [7, 11) is 1.62. The van der Waals surface area contributed by atoms with Gasteiger partial charge in [-0.25, -0.2) is 9.78 Å². The summed E-state index contributed by atoms with van der Waals surface area (Å²) in [5, 5.41) is 0. The van der Waals surface area contributed by atoms with Gasteiger partial charge in [-0.15, -0.1) is 0 Å². The number of rotatable bonds is 3. The van der Waals surface area contributed by atoms with Crippen molar-refractivity contribution in [2.24, 2.45) is 5.41 Å². The number of nitrogens with zero attached hydrogens (tertiary/aromatic N) is 3. The molecular formula is C21H20F3N3O3. The second-order valence-corrected chi connectivity index (χ2v) is 8.61. The number of alkyl halides is 3. The van der Waals surface area contributed by atoms with Crippen LogP contribution in [0.25, 0.3) is 5.69 Å². The van der Waals surface area contributed by atoms with Crippen molar-refractivity contribution in [2.75, 3.05) is 13.7 Å². The van der Waals surface area contributed by atoms with Gasteiger partial charge in [-0.05, 0) is 49.3 Å². The molecule has 4 aliphatic rings. The fourth-order valence-electron chi connectivity index (χ4n) is 5.25. The summed E-state index contributed by atoms with van der Waals surface area (Å²) < 4.78 is 46.4. The van der Waals surface area contributed by atoms with E-state index in [1.807, 2.05) is 0 Å². The Morgan fingerprint density at radius 3 is 2.60 bits per heavy atom. The fraction of sp³-hybridized carbons (Fsp3) is 0.476. The molecule has 30 heavy (non-hydrogen) atoms. The molecule has 6 nitrogen and oxygen atoms in total. The molecule has 6 rings (SSSR count). The number of imidazole rings is 1. The van der Waals surface area contributed by atoms with Crippen LogP contribution in [-0.4, -0.2) is 46.2 Å². The van der Waals surface area contributed by atoms with Crippen molar-refractivity contribution in [3.05, 3.63) is 47.0 Å². The van der Waals surface area contributed by atoms with Crippen molar-refractivity contribution in [1.82, 2.24) is 14.5 Å². The third-order valence-corrected chi connectivity index (χ3v) is 6.80. The molecule has 9 heteroatoms. The standard InChI is InChI=1S/C21H20F3N3O3/c1-3-30-18(29)16-15-7-26(2)17(28)13-6-12(4-5-14(13)27(15)11-25-16)19-8-20(9-19,10-19)21(22,23)24/h4-6,11H,3,7-10H2,1-2H3. The first-order valence-electron chi connectivity index (χ1n) is 9.81. The molecule has 1 aromatic carbocycles. The van der Waals surface area contributed by atoms with E-state index in [2.05, 4.69) is 4.98 Å². The number of halogens is 3. The van der Waals surface area contributed by atoms with Gasteiger partial charge in [-0.2, -0.15) is 13.2 Å². The Labute approximate surface area is 170 Å². The van der Waals surface area contributed by atoms with E-state index in [-0.39, 0.29) is 44.0 Å². The molecule has 2 heterocycles. The van der Waals surface area contributed by atoms with Gasteiger partial charge in [0.2, 0.25) is 0 Å². The minimum atomic E-state index is -4.17. The number of aromatic nitrogens is 2. The number of amides is 1. The monoisotopic (exact) mass is 419 g/mol. The zero-order valence-electron chi connectivity index (χ0n) is 16.5. The molecule has 3 aliphatic carbocycles. The molecule has 1 amide bonds. The fourth-order valence-corrected chi connectivity index (χ4v) is 5.25. The van der Waals surface area contributed by atoms with Crippen molar-refractivity contribution in [1.29, 1.82) is 0 Å². The zero-order valence-corrected chi connectivity index (χ0v) is 16.5. The smallest absolute Gasteiger partial charge is 0.394 e. The molecule has 1 aromatic heterocycles. The molecule has 2 bridgehead atoms. The van der Waals surface area contributed by atoms with E-state index < -0.39 is 23.0 Å². The third-order valence-electron chi connectivity index (χ3n) is 6.80. The molecule has 0 spiro atoms. The Morgan fingerprint density at radius 1 is 1.27 bits per heavy atom. The minimum Gasteiger partial charge on any atom is -0.461 e. The Hall–Kier alpha value is -2.84. The number of fused-ring (bicyclic) bond motifs is 3. The van der Waals surface area contributed by atoms with Crippen LogP contribution in [0.4, 0.5) is 13.2 Å². The number of ether oxygens (including phenoxy) is 1. The first-order chi connectivity index (χ1) is 14.1. The Morgan fingerprint density at radius 2 is 1.97 bits per heavy atom. The normalized spacial score (nSPS) is 26.8. The third kappa shape index (κ3) is 2.34. The van der Waals surface area contributed by atoms with Crippen LogP contribution >= 0.6 is 0 Å². The maximum atomic E-state index is 13.2. The van der Waals surface area contributed by atoms with Crippen molar-refractivity contribution in [3.63, 3.8) is 0 Å². The molecule has 3 fully saturated rings. The average molecular weight is 419 g/mol. The lowest BCUT2D eigenvalue weighted by Crippen LogP contribution is -2.70. The molecule has 158 valence electrons. The summed E-state index contributed by atoms with van der Waals surface area (Å²) in [6.07, 6.45) is -2.46. The summed E-state index contributed by atoms with van der Waals surface area (Å²) in [4.78, 5) is 30.9. The second kappa shape index (κ2) is 5.86. The summed E-state index contributed by atoms with van der Waals surface area (Å²) in [5.74, 6) is -0.805. The van der Waals surface area contributed by atoms with Crippen LogP contribution in [0.15, 0.2) is 24.5 Å². The molecule has 2 aromatic rings. The SMILES string of the molecule is CCOC(=O)c1ncn2c1CN(C)C(=O)c1cc(C34CC(C(F)(F)F)(C3)C4)ccc1-2.